The van der Waals surface area contributed by atoms with Crippen LogP contribution in [0.4, 0.5) is 0 Å². The van der Waals surface area contributed by atoms with Crippen molar-refractivity contribution in [3.05, 3.63) is 70.2 Å². The molecule has 3 heteroatoms. The zero-order valence-electron chi connectivity index (χ0n) is 9.96. The monoisotopic (exact) mass is 305 g/mol. The maximum absolute atomic E-state index is 10.5. The van der Waals surface area contributed by atoms with E-state index >= 15 is 0 Å². The minimum atomic E-state index is -0.604. The van der Waals surface area contributed by atoms with E-state index in [1.165, 1.54) is 0 Å². The molecule has 18 heavy (non-hydrogen) atoms. The van der Waals surface area contributed by atoms with Gasteiger partial charge in [0.2, 0.25) is 0 Å². The van der Waals surface area contributed by atoms with Crippen molar-refractivity contribution < 1.29 is 5.11 Å². The maximum atomic E-state index is 10.5. The molecule has 94 valence electrons. The van der Waals surface area contributed by atoms with Crippen LogP contribution in [-0.4, -0.2) is 11.7 Å². The Labute approximate surface area is 116 Å². The van der Waals surface area contributed by atoms with Crippen LogP contribution < -0.4 is 5.73 Å². The molecular weight excluding hydrogens is 290 g/mol. The fourth-order valence-electron chi connectivity index (χ4n) is 2.08. The topological polar surface area (TPSA) is 46.2 Å². The second kappa shape index (κ2) is 6.14. The SMILES string of the molecule is NCC(c1ccccc1)C(O)c1ccccc1Br. The summed E-state index contributed by atoms with van der Waals surface area (Å²) < 4.78 is 0.909. The summed E-state index contributed by atoms with van der Waals surface area (Å²) in [6, 6.07) is 17.6. The molecule has 2 aromatic carbocycles. The van der Waals surface area contributed by atoms with Crippen LogP contribution in [0.1, 0.15) is 23.1 Å². The first-order chi connectivity index (χ1) is 8.74. The highest BCUT2D eigenvalue weighted by Gasteiger charge is 2.22. The molecule has 0 bridgehead atoms. The van der Waals surface area contributed by atoms with Gasteiger partial charge in [-0.25, -0.2) is 0 Å². The Bertz CT molecular complexity index is 501. The second-order valence-electron chi connectivity index (χ2n) is 4.22. The minimum Gasteiger partial charge on any atom is -0.388 e. The third kappa shape index (κ3) is 2.80. The normalized spacial score (nSPS) is 14.2. The third-order valence-corrected chi connectivity index (χ3v) is 3.81. The van der Waals surface area contributed by atoms with Gasteiger partial charge in [0.05, 0.1) is 6.10 Å². The number of halogens is 1. The van der Waals surface area contributed by atoms with E-state index in [0.29, 0.717) is 6.54 Å². The molecule has 0 amide bonds. The van der Waals surface area contributed by atoms with Gasteiger partial charge >= 0.3 is 0 Å². The van der Waals surface area contributed by atoms with Gasteiger partial charge in [-0.05, 0) is 17.2 Å². The van der Waals surface area contributed by atoms with E-state index in [2.05, 4.69) is 15.9 Å². The van der Waals surface area contributed by atoms with Crippen molar-refractivity contribution in [1.82, 2.24) is 0 Å². The van der Waals surface area contributed by atoms with Crippen LogP contribution in [0.5, 0.6) is 0 Å². The van der Waals surface area contributed by atoms with E-state index in [9.17, 15) is 5.11 Å². The number of hydrogen-bond donors (Lipinski definition) is 2. The molecule has 2 unspecified atom stereocenters. The molecular formula is C15H16BrNO. The van der Waals surface area contributed by atoms with Gasteiger partial charge in [0, 0.05) is 16.9 Å². The van der Waals surface area contributed by atoms with Crippen molar-refractivity contribution in [3.63, 3.8) is 0 Å². The lowest BCUT2D eigenvalue weighted by Crippen LogP contribution is -2.20. The van der Waals surface area contributed by atoms with Gasteiger partial charge in [-0.3, -0.25) is 0 Å². The van der Waals surface area contributed by atoms with Gasteiger partial charge in [0.1, 0.15) is 0 Å². The van der Waals surface area contributed by atoms with E-state index in [1.807, 2.05) is 54.6 Å². The Morgan fingerprint density at radius 2 is 1.61 bits per heavy atom. The molecule has 2 rings (SSSR count). The van der Waals surface area contributed by atoms with Crippen LogP contribution in [0.25, 0.3) is 0 Å². The van der Waals surface area contributed by atoms with Crippen molar-refractivity contribution >= 4 is 15.9 Å². The van der Waals surface area contributed by atoms with Gasteiger partial charge in [-0.2, -0.15) is 0 Å². The molecule has 0 heterocycles. The summed E-state index contributed by atoms with van der Waals surface area (Å²) in [6.07, 6.45) is -0.604. The van der Waals surface area contributed by atoms with Gasteiger partial charge in [0.15, 0.2) is 0 Å². The molecule has 0 fully saturated rings. The van der Waals surface area contributed by atoms with Gasteiger partial charge in [-0.15, -0.1) is 0 Å². The van der Waals surface area contributed by atoms with E-state index < -0.39 is 6.10 Å². The smallest absolute Gasteiger partial charge is 0.0881 e. The van der Waals surface area contributed by atoms with Crippen molar-refractivity contribution in [1.29, 1.82) is 0 Å². The van der Waals surface area contributed by atoms with Crippen LogP contribution >= 0.6 is 15.9 Å². The van der Waals surface area contributed by atoms with Crippen LogP contribution in [-0.2, 0) is 0 Å². The first-order valence-electron chi connectivity index (χ1n) is 5.91. The lowest BCUT2D eigenvalue weighted by atomic mass is 9.89. The van der Waals surface area contributed by atoms with Crippen molar-refractivity contribution in [2.75, 3.05) is 6.54 Å². The van der Waals surface area contributed by atoms with E-state index in [4.69, 9.17) is 5.73 Å². The number of aliphatic hydroxyl groups excluding tert-OH is 1. The fraction of sp³-hybridized carbons (Fsp3) is 0.200. The summed E-state index contributed by atoms with van der Waals surface area (Å²) in [4.78, 5) is 0. The number of benzene rings is 2. The summed E-state index contributed by atoms with van der Waals surface area (Å²) in [5.74, 6) is -0.0927. The third-order valence-electron chi connectivity index (χ3n) is 3.09. The van der Waals surface area contributed by atoms with Crippen molar-refractivity contribution in [2.24, 2.45) is 5.73 Å². The fourth-order valence-corrected chi connectivity index (χ4v) is 2.60. The molecule has 0 aliphatic carbocycles. The largest absolute Gasteiger partial charge is 0.388 e. The number of hydrogen-bond acceptors (Lipinski definition) is 2. The molecule has 0 aliphatic heterocycles. The number of nitrogens with two attached hydrogens (primary N) is 1. The second-order valence-corrected chi connectivity index (χ2v) is 5.07. The van der Waals surface area contributed by atoms with Crippen molar-refractivity contribution in [3.8, 4) is 0 Å². The Hall–Kier alpha value is -1.16. The summed E-state index contributed by atoms with van der Waals surface area (Å²) in [5, 5.41) is 10.5. The molecule has 2 aromatic rings. The summed E-state index contributed by atoms with van der Waals surface area (Å²) in [5.41, 5.74) is 7.75. The highest BCUT2D eigenvalue weighted by molar-refractivity contribution is 9.10. The van der Waals surface area contributed by atoms with Gasteiger partial charge < -0.3 is 10.8 Å². The quantitative estimate of drug-likeness (QED) is 0.911. The average molecular weight is 306 g/mol. The van der Waals surface area contributed by atoms with Crippen LogP contribution in [0, 0.1) is 0 Å². The van der Waals surface area contributed by atoms with E-state index in [-0.39, 0.29) is 5.92 Å². The van der Waals surface area contributed by atoms with Crippen LogP contribution in [0.15, 0.2) is 59.1 Å². The van der Waals surface area contributed by atoms with Gasteiger partial charge in [-0.1, -0.05) is 64.5 Å². The lowest BCUT2D eigenvalue weighted by Gasteiger charge is -2.23. The average Bonchev–Trinajstić information content (AvgIpc) is 2.41. The van der Waals surface area contributed by atoms with E-state index in [0.717, 1.165) is 15.6 Å². The Balaban J connectivity index is 2.32. The van der Waals surface area contributed by atoms with Crippen molar-refractivity contribution in [2.45, 2.75) is 12.0 Å². The molecule has 0 radical (unpaired) electrons. The minimum absolute atomic E-state index is 0.0927. The summed E-state index contributed by atoms with van der Waals surface area (Å²) in [6.45, 7) is 0.409. The standard InChI is InChI=1S/C15H16BrNO/c16-14-9-5-4-8-12(14)15(18)13(10-17)11-6-2-1-3-7-11/h1-9,13,15,18H,10,17H2. The van der Waals surface area contributed by atoms with Crippen LogP contribution in [0.2, 0.25) is 0 Å². The highest BCUT2D eigenvalue weighted by Crippen LogP contribution is 2.33. The summed E-state index contributed by atoms with van der Waals surface area (Å²) >= 11 is 3.47. The number of aliphatic hydroxyl groups is 1. The Kier molecular flexibility index (Phi) is 4.53. The molecule has 0 aliphatic rings. The summed E-state index contributed by atoms with van der Waals surface area (Å²) in [7, 11) is 0. The van der Waals surface area contributed by atoms with E-state index in [1.54, 1.807) is 0 Å². The first-order valence-corrected chi connectivity index (χ1v) is 6.71. The zero-order chi connectivity index (χ0) is 13.0. The molecule has 0 aromatic heterocycles. The Morgan fingerprint density at radius 1 is 1.00 bits per heavy atom. The van der Waals surface area contributed by atoms with Gasteiger partial charge in [0.25, 0.3) is 0 Å². The molecule has 2 nitrogen and oxygen atoms in total. The maximum Gasteiger partial charge on any atom is 0.0881 e. The van der Waals surface area contributed by atoms with Crippen LogP contribution in [0.3, 0.4) is 0 Å². The first kappa shape index (κ1) is 13.3. The Morgan fingerprint density at radius 3 is 2.22 bits per heavy atom. The predicted molar refractivity (Wildman–Crippen MR) is 77.3 cm³/mol. The lowest BCUT2D eigenvalue weighted by molar-refractivity contribution is 0.146. The predicted octanol–water partition coefficient (Wildman–Crippen LogP) is 3.23. The number of rotatable bonds is 4. The molecule has 3 N–H and O–H groups in total. The highest BCUT2D eigenvalue weighted by atomic mass is 79.9. The molecule has 0 saturated heterocycles. The zero-order valence-corrected chi connectivity index (χ0v) is 11.5. The molecule has 0 spiro atoms. The molecule has 2 atom stereocenters. The molecule has 0 saturated carbocycles.